The van der Waals surface area contributed by atoms with Crippen LogP contribution in [-0.2, 0) is 16.3 Å². The quantitative estimate of drug-likeness (QED) is 0.477. The molecule has 0 aromatic heterocycles. The van der Waals surface area contributed by atoms with E-state index in [9.17, 15) is 4.79 Å². The number of halogens is 1. The topological polar surface area (TPSA) is 73.6 Å². The summed E-state index contributed by atoms with van der Waals surface area (Å²) < 4.78 is 0.703. The van der Waals surface area contributed by atoms with E-state index >= 15 is 0 Å². The van der Waals surface area contributed by atoms with Gasteiger partial charge in [0.15, 0.2) is 6.23 Å². The number of nitrogens with one attached hydrogen (secondary N) is 1. The third kappa shape index (κ3) is 4.64. The van der Waals surface area contributed by atoms with Gasteiger partial charge in [0.25, 0.3) is 5.91 Å². The van der Waals surface area contributed by atoms with Crippen molar-refractivity contribution in [1.82, 2.24) is 5.32 Å². The van der Waals surface area contributed by atoms with E-state index in [1.54, 1.807) is 18.2 Å². The summed E-state index contributed by atoms with van der Waals surface area (Å²) in [4.78, 5) is 21.3. The Bertz CT molecular complexity index is 592. The van der Waals surface area contributed by atoms with Crippen LogP contribution < -0.4 is 11.2 Å². The molecular weight excluding hydrogens is 336 g/mol. The molecule has 0 unspecified atom stereocenters. The molecule has 5 nitrogen and oxygen atoms in total. The fraction of sp³-hybridized carbons (Fsp3) is 0.133. The molecule has 2 aromatic carbocycles. The fourth-order valence-corrected chi connectivity index (χ4v) is 2.34. The van der Waals surface area contributed by atoms with E-state index in [-0.39, 0.29) is 5.91 Å². The number of nitrogens with two attached hydrogens (primary N) is 1. The van der Waals surface area contributed by atoms with Gasteiger partial charge in [0, 0.05) is 10.9 Å². The van der Waals surface area contributed by atoms with Crippen molar-refractivity contribution in [3.05, 3.63) is 70.2 Å². The molecule has 3 N–H and O–H groups in total. The van der Waals surface area contributed by atoms with Crippen LogP contribution in [0.2, 0.25) is 0 Å². The van der Waals surface area contributed by atoms with E-state index in [2.05, 4.69) is 26.2 Å². The molecule has 2 rings (SSSR count). The van der Waals surface area contributed by atoms with Crippen LogP contribution in [0.3, 0.4) is 0 Å². The van der Waals surface area contributed by atoms with Crippen molar-refractivity contribution in [2.24, 2.45) is 5.90 Å². The van der Waals surface area contributed by atoms with Crippen molar-refractivity contribution >= 4 is 21.8 Å². The Hall–Kier alpha value is -1.73. The molecule has 6 heteroatoms. The van der Waals surface area contributed by atoms with Crippen LogP contribution in [0.25, 0.3) is 0 Å². The molecule has 0 radical (unpaired) electrons. The summed E-state index contributed by atoms with van der Waals surface area (Å²) in [5.74, 6) is 4.67. The molecule has 21 heavy (non-hydrogen) atoms. The molecule has 0 heterocycles. The molecule has 2 aromatic rings. The van der Waals surface area contributed by atoms with Gasteiger partial charge in [-0.2, -0.15) is 10.8 Å². The third-order valence-corrected chi connectivity index (χ3v) is 3.54. The lowest BCUT2D eigenvalue weighted by atomic mass is 10.1. The van der Waals surface area contributed by atoms with Crippen molar-refractivity contribution in [2.45, 2.75) is 12.6 Å². The standard InChI is InChI=1S/C15H15BrN2O3/c16-13-9-5-4-8-12(13)15(19)18-14(20-21-17)10-11-6-2-1-3-7-11/h1-9,14H,10,17H2,(H,18,19)/t14-/m0/s1. The van der Waals surface area contributed by atoms with Crippen molar-refractivity contribution in [1.29, 1.82) is 0 Å². The van der Waals surface area contributed by atoms with Crippen LogP contribution in [-0.4, -0.2) is 12.1 Å². The van der Waals surface area contributed by atoms with Gasteiger partial charge in [0.05, 0.1) is 5.56 Å². The number of benzene rings is 2. The molecule has 0 spiro atoms. The van der Waals surface area contributed by atoms with Gasteiger partial charge in [-0.05, 0) is 33.6 Å². The van der Waals surface area contributed by atoms with E-state index < -0.39 is 6.23 Å². The van der Waals surface area contributed by atoms with E-state index in [0.29, 0.717) is 16.5 Å². The highest BCUT2D eigenvalue weighted by molar-refractivity contribution is 9.10. The van der Waals surface area contributed by atoms with Gasteiger partial charge in [-0.1, -0.05) is 42.5 Å². The Labute approximate surface area is 131 Å². The van der Waals surface area contributed by atoms with E-state index in [4.69, 9.17) is 10.8 Å². The lowest BCUT2D eigenvalue weighted by molar-refractivity contribution is -0.332. The maximum absolute atomic E-state index is 12.2. The Balaban J connectivity index is 2.06. The molecular formula is C15H15BrN2O3. The Morgan fingerprint density at radius 2 is 1.81 bits per heavy atom. The fourth-order valence-electron chi connectivity index (χ4n) is 1.87. The molecule has 110 valence electrons. The molecule has 0 aliphatic heterocycles. The van der Waals surface area contributed by atoms with E-state index in [1.807, 2.05) is 36.4 Å². The SMILES string of the molecule is NOO[C@@H](Cc1ccccc1)NC(=O)c1ccccc1Br. The van der Waals surface area contributed by atoms with Crippen LogP contribution >= 0.6 is 15.9 Å². The van der Waals surface area contributed by atoms with Gasteiger partial charge in [-0.15, -0.1) is 4.99 Å². The normalized spacial score (nSPS) is 11.9. The summed E-state index contributed by atoms with van der Waals surface area (Å²) in [6, 6.07) is 16.7. The highest BCUT2D eigenvalue weighted by Crippen LogP contribution is 2.16. The van der Waals surface area contributed by atoms with Crippen molar-refractivity contribution in [2.75, 3.05) is 0 Å². The molecule has 0 aliphatic carbocycles. The van der Waals surface area contributed by atoms with Crippen molar-refractivity contribution in [3.8, 4) is 0 Å². The number of hydrogen-bond donors (Lipinski definition) is 2. The highest BCUT2D eigenvalue weighted by Gasteiger charge is 2.17. The third-order valence-electron chi connectivity index (χ3n) is 2.85. The van der Waals surface area contributed by atoms with Crippen LogP contribution in [0.15, 0.2) is 59.1 Å². The van der Waals surface area contributed by atoms with Gasteiger partial charge in [0.1, 0.15) is 0 Å². The maximum Gasteiger partial charge on any atom is 0.254 e. The Kier molecular flexibility index (Phi) is 5.89. The lowest BCUT2D eigenvalue weighted by Gasteiger charge is -2.17. The summed E-state index contributed by atoms with van der Waals surface area (Å²) in [5, 5.41) is 2.73. The Morgan fingerprint density at radius 3 is 2.48 bits per heavy atom. The second-order valence-corrected chi connectivity index (χ2v) is 5.18. The first kappa shape index (κ1) is 15.7. The predicted molar refractivity (Wildman–Crippen MR) is 81.9 cm³/mol. The maximum atomic E-state index is 12.2. The number of amides is 1. The molecule has 0 aliphatic rings. The second kappa shape index (κ2) is 7.90. The van der Waals surface area contributed by atoms with Gasteiger partial charge in [0.2, 0.25) is 0 Å². The number of carbonyl (C=O) groups is 1. The van der Waals surface area contributed by atoms with Crippen molar-refractivity contribution in [3.63, 3.8) is 0 Å². The van der Waals surface area contributed by atoms with Crippen LogP contribution in [0.5, 0.6) is 0 Å². The Morgan fingerprint density at radius 1 is 1.14 bits per heavy atom. The number of hydrogen-bond acceptors (Lipinski definition) is 4. The minimum absolute atomic E-state index is 0.277. The minimum atomic E-state index is -0.683. The second-order valence-electron chi connectivity index (χ2n) is 4.32. The smallest absolute Gasteiger partial charge is 0.254 e. The summed E-state index contributed by atoms with van der Waals surface area (Å²) >= 11 is 3.34. The zero-order valence-electron chi connectivity index (χ0n) is 11.2. The molecule has 0 saturated carbocycles. The largest absolute Gasteiger partial charge is 0.324 e. The van der Waals surface area contributed by atoms with Crippen LogP contribution in [0, 0.1) is 0 Å². The van der Waals surface area contributed by atoms with Crippen LogP contribution in [0.1, 0.15) is 15.9 Å². The number of carbonyl (C=O) groups excluding carboxylic acids is 1. The summed E-state index contributed by atoms with van der Waals surface area (Å²) in [6.07, 6.45) is -0.245. The first-order valence-corrected chi connectivity index (χ1v) is 7.11. The van der Waals surface area contributed by atoms with E-state index in [0.717, 1.165) is 5.56 Å². The van der Waals surface area contributed by atoms with Gasteiger partial charge in [-0.3, -0.25) is 4.79 Å². The van der Waals surface area contributed by atoms with Crippen molar-refractivity contribution < 1.29 is 14.7 Å². The highest BCUT2D eigenvalue weighted by atomic mass is 79.9. The van der Waals surface area contributed by atoms with Gasteiger partial charge >= 0.3 is 0 Å². The van der Waals surface area contributed by atoms with Gasteiger partial charge in [-0.25, -0.2) is 0 Å². The van der Waals surface area contributed by atoms with E-state index in [1.165, 1.54) is 0 Å². The number of rotatable bonds is 6. The molecule has 0 saturated heterocycles. The van der Waals surface area contributed by atoms with Crippen LogP contribution in [0.4, 0.5) is 0 Å². The monoisotopic (exact) mass is 350 g/mol. The summed E-state index contributed by atoms with van der Waals surface area (Å²) in [5.41, 5.74) is 1.50. The zero-order valence-corrected chi connectivity index (χ0v) is 12.7. The molecule has 1 amide bonds. The molecule has 0 fully saturated rings. The lowest BCUT2D eigenvalue weighted by Crippen LogP contribution is -2.39. The molecule has 1 atom stereocenters. The molecule has 0 bridgehead atoms. The predicted octanol–water partition coefficient (Wildman–Crippen LogP) is 2.57. The van der Waals surface area contributed by atoms with Gasteiger partial charge < -0.3 is 5.32 Å². The average Bonchev–Trinajstić information content (AvgIpc) is 2.49. The zero-order chi connectivity index (χ0) is 15.1. The summed E-state index contributed by atoms with van der Waals surface area (Å²) in [7, 11) is 0. The summed E-state index contributed by atoms with van der Waals surface area (Å²) in [6.45, 7) is 0. The first-order valence-electron chi connectivity index (χ1n) is 6.32. The first-order chi connectivity index (χ1) is 10.2. The minimum Gasteiger partial charge on any atom is -0.324 e. The average molecular weight is 351 g/mol.